The summed E-state index contributed by atoms with van der Waals surface area (Å²) in [5.74, 6) is 0. The molecule has 1 aromatic carbocycles. The number of rotatable bonds is 1. The van der Waals surface area contributed by atoms with Crippen LogP contribution < -0.4 is 10.6 Å². The van der Waals surface area contributed by atoms with E-state index in [1.54, 1.807) is 0 Å². The second-order valence-electron chi connectivity index (χ2n) is 4.82. The van der Waals surface area contributed by atoms with E-state index in [1.165, 1.54) is 11.1 Å². The molecule has 0 saturated carbocycles. The number of aryl methyl sites for hydroxylation is 2. The maximum atomic E-state index is 12.1. The Hall–Kier alpha value is -1.55. The van der Waals surface area contributed by atoms with Crippen molar-refractivity contribution in [3.63, 3.8) is 0 Å². The highest BCUT2D eigenvalue weighted by Crippen LogP contribution is 2.14. The van der Waals surface area contributed by atoms with Gasteiger partial charge in [-0.3, -0.25) is 0 Å². The Morgan fingerprint density at radius 1 is 1.22 bits per heavy atom. The van der Waals surface area contributed by atoms with Crippen LogP contribution in [0.25, 0.3) is 0 Å². The maximum absolute atomic E-state index is 12.1. The highest BCUT2D eigenvalue weighted by molar-refractivity contribution is 5.89. The van der Waals surface area contributed by atoms with E-state index in [0.717, 1.165) is 38.3 Å². The maximum Gasteiger partial charge on any atom is 0.321 e. The van der Waals surface area contributed by atoms with Crippen molar-refractivity contribution >= 4 is 11.7 Å². The van der Waals surface area contributed by atoms with Crippen LogP contribution in [0, 0.1) is 13.8 Å². The summed E-state index contributed by atoms with van der Waals surface area (Å²) in [6.45, 7) is 7.59. The zero-order valence-electron chi connectivity index (χ0n) is 11.1. The Morgan fingerprint density at radius 2 is 2.06 bits per heavy atom. The molecule has 0 atom stereocenters. The molecule has 18 heavy (non-hydrogen) atoms. The lowest BCUT2D eigenvalue weighted by Crippen LogP contribution is -2.37. The molecule has 2 amide bonds. The van der Waals surface area contributed by atoms with Crippen molar-refractivity contribution < 1.29 is 4.79 Å². The average Bonchev–Trinajstić information content (AvgIpc) is 2.62. The van der Waals surface area contributed by atoms with Crippen LogP contribution in [0.4, 0.5) is 10.5 Å². The van der Waals surface area contributed by atoms with Crippen molar-refractivity contribution in [1.82, 2.24) is 10.2 Å². The summed E-state index contributed by atoms with van der Waals surface area (Å²) in [5.41, 5.74) is 3.32. The number of nitrogens with one attached hydrogen (secondary N) is 2. The lowest BCUT2D eigenvalue weighted by Gasteiger charge is -2.20. The van der Waals surface area contributed by atoms with Crippen LogP contribution in [0.3, 0.4) is 0 Å². The van der Waals surface area contributed by atoms with Gasteiger partial charge in [0, 0.05) is 25.3 Å². The first-order valence-electron chi connectivity index (χ1n) is 6.51. The zero-order valence-corrected chi connectivity index (χ0v) is 11.1. The van der Waals surface area contributed by atoms with Gasteiger partial charge in [-0.2, -0.15) is 0 Å². The van der Waals surface area contributed by atoms with E-state index in [1.807, 2.05) is 23.1 Å². The topological polar surface area (TPSA) is 44.4 Å². The van der Waals surface area contributed by atoms with Gasteiger partial charge in [0.2, 0.25) is 0 Å². The van der Waals surface area contributed by atoms with Gasteiger partial charge >= 0.3 is 6.03 Å². The predicted molar refractivity (Wildman–Crippen MR) is 74.0 cm³/mol. The molecular formula is C14H21N3O. The molecule has 1 fully saturated rings. The number of hydrogen-bond acceptors (Lipinski definition) is 2. The molecule has 0 bridgehead atoms. The first kappa shape index (κ1) is 12.9. The average molecular weight is 247 g/mol. The molecule has 0 aromatic heterocycles. The van der Waals surface area contributed by atoms with E-state index in [2.05, 4.69) is 24.5 Å². The minimum absolute atomic E-state index is 0.00181. The molecule has 2 rings (SSSR count). The van der Waals surface area contributed by atoms with Gasteiger partial charge in [0.15, 0.2) is 0 Å². The Balaban J connectivity index is 1.99. The van der Waals surface area contributed by atoms with Crippen molar-refractivity contribution in [3.8, 4) is 0 Å². The molecule has 1 aliphatic rings. The van der Waals surface area contributed by atoms with Gasteiger partial charge in [0.25, 0.3) is 0 Å². The summed E-state index contributed by atoms with van der Waals surface area (Å²) < 4.78 is 0. The van der Waals surface area contributed by atoms with Crippen LogP contribution in [0.5, 0.6) is 0 Å². The Bertz CT molecular complexity index is 423. The highest BCUT2D eigenvalue weighted by Gasteiger charge is 2.15. The van der Waals surface area contributed by atoms with Crippen molar-refractivity contribution in [2.45, 2.75) is 20.3 Å². The molecule has 98 valence electrons. The van der Waals surface area contributed by atoms with Gasteiger partial charge in [-0.15, -0.1) is 0 Å². The van der Waals surface area contributed by atoms with Gasteiger partial charge < -0.3 is 15.5 Å². The minimum atomic E-state index is 0.00181. The van der Waals surface area contributed by atoms with Gasteiger partial charge in [-0.1, -0.05) is 6.07 Å². The van der Waals surface area contributed by atoms with Crippen molar-refractivity contribution in [3.05, 3.63) is 29.3 Å². The van der Waals surface area contributed by atoms with E-state index < -0.39 is 0 Å². The molecule has 4 heteroatoms. The third-order valence-electron chi connectivity index (χ3n) is 3.39. The standard InChI is InChI=1S/C14H21N3O/c1-11-4-5-13(10-12(11)2)16-14(18)17-8-3-6-15-7-9-17/h4-5,10,15H,3,6-9H2,1-2H3,(H,16,18). The summed E-state index contributed by atoms with van der Waals surface area (Å²) in [6, 6.07) is 6.01. The molecule has 1 saturated heterocycles. The van der Waals surface area contributed by atoms with Crippen molar-refractivity contribution in [2.75, 3.05) is 31.5 Å². The lowest BCUT2D eigenvalue weighted by molar-refractivity contribution is 0.215. The molecule has 0 unspecified atom stereocenters. The fourth-order valence-electron chi connectivity index (χ4n) is 2.07. The Morgan fingerprint density at radius 3 is 2.83 bits per heavy atom. The quantitative estimate of drug-likeness (QED) is 0.798. The summed E-state index contributed by atoms with van der Waals surface area (Å²) in [4.78, 5) is 14.0. The van der Waals surface area contributed by atoms with Gasteiger partial charge in [0.1, 0.15) is 0 Å². The molecule has 0 spiro atoms. The first-order chi connectivity index (χ1) is 8.66. The predicted octanol–water partition coefficient (Wildman–Crippen LogP) is 2.13. The summed E-state index contributed by atoms with van der Waals surface area (Å²) in [7, 11) is 0. The van der Waals surface area contributed by atoms with Crippen LogP contribution >= 0.6 is 0 Å². The van der Waals surface area contributed by atoms with E-state index in [9.17, 15) is 4.79 Å². The highest BCUT2D eigenvalue weighted by atomic mass is 16.2. The van der Waals surface area contributed by atoms with E-state index in [0.29, 0.717) is 0 Å². The Kier molecular flexibility index (Phi) is 4.20. The molecular weight excluding hydrogens is 226 g/mol. The molecule has 2 N–H and O–H groups in total. The molecule has 1 aromatic rings. The number of carbonyl (C=O) groups excluding carboxylic acids is 1. The fraction of sp³-hybridized carbons (Fsp3) is 0.500. The zero-order chi connectivity index (χ0) is 13.0. The van der Waals surface area contributed by atoms with Crippen LogP contribution in [0.1, 0.15) is 17.5 Å². The largest absolute Gasteiger partial charge is 0.323 e. The van der Waals surface area contributed by atoms with Gasteiger partial charge in [-0.25, -0.2) is 4.79 Å². The molecule has 0 aliphatic carbocycles. The second-order valence-corrected chi connectivity index (χ2v) is 4.82. The monoisotopic (exact) mass is 247 g/mol. The number of carbonyl (C=O) groups is 1. The SMILES string of the molecule is Cc1ccc(NC(=O)N2CCCNCC2)cc1C. The van der Waals surface area contributed by atoms with E-state index >= 15 is 0 Å². The van der Waals surface area contributed by atoms with Crippen LogP contribution in [0.2, 0.25) is 0 Å². The third-order valence-corrected chi connectivity index (χ3v) is 3.39. The fourth-order valence-corrected chi connectivity index (χ4v) is 2.07. The molecule has 0 radical (unpaired) electrons. The van der Waals surface area contributed by atoms with E-state index in [4.69, 9.17) is 0 Å². The van der Waals surface area contributed by atoms with Crippen molar-refractivity contribution in [2.24, 2.45) is 0 Å². The number of hydrogen-bond donors (Lipinski definition) is 2. The smallest absolute Gasteiger partial charge is 0.321 e. The molecule has 1 aliphatic heterocycles. The Labute approximate surface area is 108 Å². The van der Waals surface area contributed by atoms with Crippen LogP contribution in [-0.4, -0.2) is 37.1 Å². The van der Waals surface area contributed by atoms with Gasteiger partial charge in [-0.05, 0) is 50.1 Å². The van der Waals surface area contributed by atoms with E-state index in [-0.39, 0.29) is 6.03 Å². The summed E-state index contributed by atoms with van der Waals surface area (Å²) in [5, 5.41) is 6.26. The lowest BCUT2D eigenvalue weighted by atomic mass is 10.1. The number of anilines is 1. The van der Waals surface area contributed by atoms with Crippen LogP contribution in [-0.2, 0) is 0 Å². The number of nitrogens with zero attached hydrogens (tertiary/aromatic N) is 1. The minimum Gasteiger partial charge on any atom is -0.323 e. The number of benzene rings is 1. The number of amides is 2. The van der Waals surface area contributed by atoms with Crippen LogP contribution in [0.15, 0.2) is 18.2 Å². The third kappa shape index (κ3) is 3.23. The summed E-state index contributed by atoms with van der Waals surface area (Å²) in [6.07, 6.45) is 1.01. The second kappa shape index (κ2) is 5.87. The van der Waals surface area contributed by atoms with Gasteiger partial charge in [0.05, 0.1) is 0 Å². The normalized spacial score (nSPS) is 16.2. The first-order valence-corrected chi connectivity index (χ1v) is 6.51. The van der Waals surface area contributed by atoms with Crippen molar-refractivity contribution in [1.29, 1.82) is 0 Å². The molecule has 4 nitrogen and oxygen atoms in total. The number of urea groups is 1. The molecule has 1 heterocycles. The summed E-state index contributed by atoms with van der Waals surface area (Å²) >= 11 is 0.